The Bertz CT molecular complexity index is 1440. The van der Waals surface area contributed by atoms with Crippen LogP contribution < -0.4 is 15.0 Å². The van der Waals surface area contributed by atoms with E-state index in [-0.39, 0.29) is 0 Å². The fraction of sp³-hybridized carbons (Fsp3) is 0.208. The summed E-state index contributed by atoms with van der Waals surface area (Å²) in [6.07, 6.45) is 5.56. The van der Waals surface area contributed by atoms with Gasteiger partial charge in [0, 0.05) is 53.7 Å². The standard InChI is InChI=1S/C24H23N7O2/c1-32-22-13-18(3-5-21(22)30-8-10-33-11-9-30)27-23-24-29-26-15-31(24)14-20(28-23)16-2-4-19-17(12-16)6-7-25-19/h2-7,12-15,25H,8-11H2,1H3,(H,27,28). The van der Waals surface area contributed by atoms with Crippen LogP contribution in [-0.2, 0) is 4.74 Å². The molecule has 0 radical (unpaired) electrons. The van der Waals surface area contributed by atoms with Crippen molar-refractivity contribution in [3.05, 3.63) is 61.2 Å². The highest BCUT2D eigenvalue weighted by Gasteiger charge is 2.17. The van der Waals surface area contributed by atoms with Crippen molar-refractivity contribution in [2.75, 3.05) is 43.6 Å². The first-order valence-corrected chi connectivity index (χ1v) is 10.8. The first-order valence-electron chi connectivity index (χ1n) is 10.8. The minimum atomic E-state index is 0.625. The van der Waals surface area contributed by atoms with Crippen LogP contribution in [-0.4, -0.2) is 58.0 Å². The number of H-pyrrole nitrogens is 1. The molecule has 33 heavy (non-hydrogen) atoms. The maximum atomic E-state index is 5.70. The van der Waals surface area contributed by atoms with Crippen LogP contribution in [0.25, 0.3) is 27.8 Å². The number of hydrogen-bond acceptors (Lipinski definition) is 7. The van der Waals surface area contributed by atoms with Crippen LogP contribution in [0, 0.1) is 0 Å². The summed E-state index contributed by atoms with van der Waals surface area (Å²) >= 11 is 0. The molecule has 0 amide bonds. The summed E-state index contributed by atoms with van der Waals surface area (Å²) in [6.45, 7) is 3.13. The Morgan fingerprint density at radius 3 is 2.88 bits per heavy atom. The van der Waals surface area contributed by atoms with Gasteiger partial charge in [0.1, 0.15) is 12.1 Å². The second-order valence-corrected chi connectivity index (χ2v) is 7.93. The lowest BCUT2D eigenvalue weighted by Gasteiger charge is -2.30. The topological polar surface area (TPSA) is 92.6 Å². The molecule has 0 unspecified atom stereocenters. The molecule has 9 heteroatoms. The second-order valence-electron chi connectivity index (χ2n) is 7.93. The molecular weight excluding hydrogens is 418 g/mol. The van der Waals surface area contributed by atoms with Gasteiger partial charge in [0.05, 0.1) is 31.7 Å². The number of benzene rings is 2. The average Bonchev–Trinajstić information content (AvgIpc) is 3.53. The van der Waals surface area contributed by atoms with Gasteiger partial charge in [0.25, 0.3) is 0 Å². The zero-order valence-electron chi connectivity index (χ0n) is 18.2. The van der Waals surface area contributed by atoms with Crippen molar-refractivity contribution < 1.29 is 9.47 Å². The van der Waals surface area contributed by atoms with Gasteiger partial charge in [0.15, 0.2) is 5.82 Å². The summed E-state index contributed by atoms with van der Waals surface area (Å²) in [5, 5.41) is 12.9. The van der Waals surface area contributed by atoms with E-state index in [0.29, 0.717) is 11.5 Å². The molecule has 0 bridgehead atoms. The van der Waals surface area contributed by atoms with Gasteiger partial charge in [-0.05, 0) is 30.3 Å². The van der Waals surface area contributed by atoms with E-state index in [1.54, 1.807) is 13.4 Å². The smallest absolute Gasteiger partial charge is 0.203 e. The highest BCUT2D eigenvalue weighted by atomic mass is 16.5. The number of nitrogens with one attached hydrogen (secondary N) is 2. The number of anilines is 3. The lowest BCUT2D eigenvalue weighted by atomic mass is 10.1. The minimum Gasteiger partial charge on any atom is -0.495 e. The zero-order chi connectivity index (χ0) is 22.2. The number of hydrogen-bond donors (Lipinski definition) is 2. The quantitative estimate of drug-likeness (QED) is 0.428. The van der Waals surface area contributed by atoms with E-state index in [4.69, 9.17) is 14.5 Å². The third-order valence-electron chi connectivity index (χ3n) is 5.92. The Kier molecular flexibility index (Phi) is 4.80. The van der Waals surface area contributed by atoms with Gasteiger partial charge >= 0.3 is 0 Å². The molecule has 6 rings (SSSR count). The van der Waals surface area contributed by atoms with Gasteiger partial charge in [0.2, 0.25) is 5.65 Å². The van der Waals surface area contributed by atoms with Crippen LogP contribution in [0.15, 0.2) is 61.2 Å². The van der Waals surface area contributed by atoms with Crippen LogP contribution in [0.5, 0.6) is 5.75 Å². The van der Waals surface area contributed by atoms with Crippen LogP contribution in [0.1, 0.15) is 0 Å². The summed E-state index contributed by atoms with van der Waals surface area (Å²) in [4.78, 5) is 10.4. The average molecular weight is 441 g/mol. The summed E-state index contributed by atoms with van der Waals surface area (Å²) in [6, 6.07) is 14.4. The summed E-state index contributed by atoms with van der Waals surface area (Å²) in [7, 11) is 1.69. The Balaban J connectivity index is 1.37. The Morgan fingerprint density at radius 1 is 1.09 bits per heavy atom. The molecule has 3 aromatic heterocycles. The summed E-state index contributed by atoms with van der Waals surface area (Å²) in [5.41, 5.74) is 5.50. The first kappa shape index (κ1) is 19.6. The van der Waals surface area contributed by atoms with Gasteiger partial charge < -0.3 is 24.7 Å². The third-order valence-corrected chi connectivity index (χ3v) is 5.92. The Hall–Kier alpha value is -4.11. The molecule has 0 saturated carbocycles. The van der Waals surface area contributed by atoms with Gasteiger partial charge in [-0.3, -0.25) is 4.40 Å². The number of methoxy groups -OCH3 is 1. The van der Waals surface area contributed by atoms with Crippen molar-refractivity contribution in [1.29, 1.82) is 0 Å². The lowest BCUT2D eigenvalue weighted by Crippen LogP contribution is -2.36. The maximum absolute atomic E-state index is 5.70. The fourth-order valence-electron chi connectivity index (χ4n) is 4.23. The van der Waals surface area contributed by atoms with E-state index in [9.17, 15) is 0 Å². The number of rotatable bonds is 5. The molecule has 166 valence electrons. The van der Waals surface area contributed by atoms with Crippen LogP contribution >= 0.6 is 0 Å². The number of fused-ring (bicyclic) bond motifs is 2. The SMILES string of the molecule is COc1cc(Nc2nc(-c3ccc4[nH]ccc4c3)cn3cnnc23)ccc1N1CCOCC1. The maximum Gasteiger partial charge on any atom is 0.203 e. The number of nitrogens with zero attached hydrogens (tertiary/aromatic N) is 5. The first-order chi connectivity index (χ1) is 16.3. The van der Waals surface area contributed by atoms with E-state index in [1.807, 2.05) is 28.9 Å². The van der Waals surface area contributed by atoms with Crippen molar-refractivity contribution >= 4 is 33.7 Å². The number of aromatic amines is 1. The van der Waals surface area contributed by atoms with Gasteiger partial charge in [-0.2, -0.15) is 0 Å². The molecule has 0 atom stereocenters. The lowest BCUT2D eigenvalue weighted by molar-refractivity contribution is 0.122. The molecule has 1 aliphatic rings. The normalized spacial score (nSPS) is 14.2. The monoisotopic (exact) mass is 441 g/mol. The van der Waals surface area contributed by atoms with Crippen LogP contribution in [0.2, 0.25) is 0 Å². The van der Waals surface area contributed by atoms with Crippen molar-refractivity contribution in [3.63, 3.8) is 0 Å². The summed E-state index contributed by atoms with van der Waals surface area (Å²) in [5.74, 6) is 1.42. The Morgan fingerprint density at radius 2 is 2.00 bits per heavy atom. The molecule has 1 aliphatic heterocycles. The van der Waals surface area contributed by atoms with Crippen molar-refractivity contribution in [3.8, 4) is 17.0 Å². The summed E-state index contributed by atoms with van der Waals surface area (Å²) < 4.78 is 13.1. The molecule has 9 nitrogen and oxygen atoms in total. The molecule has 0 spiro atoms. The number of ether oxygens (including phenoxy) is 2. The predicted octanol–water partition coefficient (Wildman–Crippen LogP) is 3.86. The number of morpholine rings is 1. The second kappa shape index (κ2) is 8.10. The van der Waals surface area contributed by atoms with Gasteiger partial charge in [-0.25, -0.2) is 4.98 Å². The largest absolute Gasteiger partial charge is 0.495 e. The molecular formula is C24H23N7O2. The van der Waals surface area contributed by atoms with Crippen LogP contribution in [0.4, 0.5) is 17.2 Å². The van der Waals surface area contributed by atoms with Crippen LogP contribution in [0.3, 0.4) is 0 Å². The van der Waals surface area contributed by atoms with E-state index in [1.165, 1.54) is 0 Å². The third kappa shape index (κ3) is 3.62. The predicted molar refractivity (Wildman–Crippen MR) is 127 cm³/mol. The molecule has 4 heterocycles. The van der Waals surface area contributed by atoms with Crippen molar-refractivity contribution in [2.24, 2.45) is 0 Å². The highest BCUT2D eigenvalue weighted by Crippen LogP contribution is 2.33. The van der Waals surface area contributed by atoms with Crippen molar-refractivity contribution in [1.82, 2.24) is 24.6 Å². The van der Waals surface area contributed by atoms with E-state index >= 15 is 0 Å². The van der Waals surface area contributed by atoms with E-state index < -0.39 is 0 Å². The molecule has 1 fully saturated rings. The van der Waals surface area contributed by atoms with Gasteiger partial charge in [-0.15, -0.1) is 10.2 Å². The molecule has 1 saturated heterocycles. The number of aromatic nitrogens is 5. The Labute approximate surface area is 190 Å². The highest BCUT2D eigenvalue weighted by molar-refractivity contribution is 5.85. The van der Waals surface area contributed by atoms with E-state index in [0.717, 1.165) is 65.6 Å². The molecule has 2 N–H and O–H groups in total. The fourth-order valence-corrected chi connectivity index (χ4v) is 4.23. The van der Waals surface area contributed by atoms with Gasteiger partial charge in [-0.1, -0.05) is 6.07 Å². The molecule has 2 aromatic carbocycles. The molecule has 0 aliphatic carbocycles. The zero-order valence-corrected chi connectivity index (χ0v) is 18.2. The minimum absolute atomic E-state index is 0.625. The molecule has 5 aromatic rings. The van der Waals surface area contributed by atoms with E-state index in [2.05, 4.69) is 55.7 Å². The van der Waals surface area contributed by atoms with Crippen molar-refractivity contribution in [2.45, 2.75) is 0 Å².